The maximum Gasteiger partial charge on any atom is 0.132 e. The smallest absolute Gasteiger partial charge is 0.132 e. The van der Waals surface area contributed by atoms with Crippen molar-refractivity contribution < 1.29 is 9.90 Å². The molecule has 1 aromatic rings. The molecule has 1 aromatic carbocycles. The molecule has 1 N–H and O–H groups in total. The van der Waals surface area contributed by atoms with E-state index in [9.17, 15) is 9.90 Å². The molecule has 0 spiro atoms. The van der Waals surface area contributed by atoms with Crippen LogP contribution in [0.5, 0.6) is 5.75 Å². The Bertz CT molecular complexity index is 321. The number of carbonyl (C=O) groups excluding carboxylic acids is 1. The zero-order chi connectivity index (χ0) is 9.84. The molecule has 0 saturated carbocycles. The van der Waals surface area contributed by atoms with E-state index >= 15 is 0 Å². The Morgan fingerprint density at radius 2 is 2.23 bits per heavy atom. The van der Waals surface area contributed by atoms with Gasteiger partial charge < -0.3 is 9.90 Å². The maximum atomic E-state index is 10.2. The lowest BCUT2D eigenvalue weighted by molar-refractivity contribution is -0.107. The van der Waals surface area contributed by atoms with E-state index in [1.807, 2.05) is 19.1 Å². The second-order valence-electron chi connectivity index (χ2n) is 2.91. The van der Waals surface area contributed by atoms with Gasteiger partial charge in [-0.1, -0.05) is 12.1 Å². The third-order valence-corrected chi connectivity index (χ3v) is 2.81. The second kappa shape index (κ2) is 4.42. The molecular weight excluding hydrogens is 232 g/mol. The number of aromatic hydroxyl groups is 1. The highest BCUT2D eigenvalue weighted by molar-refractivity contribution is 9.10. The third-order valence-electron chi connectivity index (χ3n) is 1.93. The highest BCUT2D eigenvalue weighted by atomic mass is 79.9. The number of rotatable bonds is 3. The average molecular weight is 243 g/mol. The van der Waals surface area contributed by atoms with Crippen molar-refractivity contribution in [2.75, 3.05) is 0 Å². The third kappa shape index (κ3) is 2.31. The minimum atomic E-state index is 0.267. The van der Waals surface area contributed by atoms with Gasteiger partial charge in [-0.2, -0.15) is 0 Å². The number of carbonyl (C=O) groups is 1. The Labute approximate surface area is 85.7 Å². The number of phenolic OH excluding ortho intramolecular Hbond substituents is 1. The Kier molecular flexibility index (Phi) is 3.48. The lowest BCUT2D eigenvalue weighted by atomic mass is 10.1. The molecule has 0 saturated heterocycles. The molecule has 0 amide bonds. The van der Waals surface area contributed by atoms with Crippen molar-refractivity contribution >= 4 is 22.2 Å². The second-order valence-corrected chi connectivity index (χ2v) is 3.70. The first-order chi connectivity index (χ1) is 6.16. The molecule has 0 fully saturated rings. The van der Waals surface area contributed by atoms with Crippen LogP contribution in [-0.2, 0) is 11.2 Å². The minimum Gasteiger partial charge on any atom is -0.506 e. The van der Waals surface area contributed by atoms with Crippen LogP contribution in [0.15, 0.2) is 16.6 Å². The molecule has 1 rings (SSSR count). The topological polar surface area (TPSA) is 37.3 Å². The van der Waals surface area contributed by atoms with Gasteiger partial charge in [-0.15, -0.1) is 0 Å². The number of aldehydes is 1. The van der Waals surface area contributed by atoms with Gasteiger partial charge in [0.2, 0.25) is 0 Å². The normalized spacial score (nSPS) is 10.0. The van der Waals surface area contributed by atoms with Crippen molar-refractivity contribution in [1.29, 1.82) is 0 Å². The first-order valence-electron chi connectivity index (χ1n) is 4.07. The van der Waals surface area contributed by atoms with Gasteiger partial charge in [-0.3, -0.25) is 0 Å². The first kappa shape index (κ1) is 10.3. The van der Waals surface area contributed by atoms with Crippen LogP contribution in [0.25, 0.3) is 0 Å². The zero-order valence-electron chi connectivity index (χ0n) is 7.38. The molecule has 0 radical (unpaired) electrons. The van der Waals surface area contributed by atoms with Crippen LogP contribution in [0.2, 0.25) is 0 Å². The summed E-state index contributed by atoms with van der Waals surface area (Å²) in [4.78, 5) is 10.2. The first-order valence-corrected chi connectivity index (χ1v) is 4.86. The standard InChI is InChI=1S/C10H11BrO2/c1-7-4-5-8(3-2-6-12)9(11)10(7)13/h4-6,13H,2-3H2,1H3. The van der Waals surface area contributed by atoms with Crippen LogP contribution in [0.4, 0.5) is 0 Å². The number of hydrogen-bond acceptors (Lipinski definition) is 2. The monoisotopic (exact) mass is 242 g/mol. The van der Waals surface area contributed by atoms with Crippen LogP contribution in [0.3, 0.4) is 0 Å². The van der Waals surface area contributed by atoms with E-state index in [1.165, 1.54) is 0 Å². The highest BCUT2D eigenvalue weighted by Crippen LogP contribution is 2.31. The van der Waals surface area contributed by atoms with Crippen molar-refractivity contribution in [2.45, 2.75) is 19.8 Å². The molecule has 0 atom stereocenters. The van der Waals surface area contributed by atoms with Crippen molar-refractivity contribution in [3.63, 3.8) is 0 Å². The molecule has 0 aliphatic heterocycles. The van der Waals surface area contributed by atoms with E-state index in [0.29, 0.717) is 17.3 Å². The van der Waals surface area contributed by atoms with E-state index in [1.54, 1.807) is 0 Å². The summed E-state index contributed by atoms with van der Waals surface area (Å²) in [5.74, 6) is 0.267. The van der Waals surface area contributed by atoms with E-state index in [2.05, 4.69) is 15.9 Å². The fourth-order valence-electron chi connectivity index (χ4n) is 1.11. The largest absolute Gasteiger partial charge is 0.506 e. The summed E-state index contributed by atoms with van der Waals surface area (Å²) >= 11 is 3.30. The highest BCUT2D eigenvalue weighted by Gasteiger charge is 2.06. The predicted molar refractivity (Wildman–Crippen MR) is 54.9 cm³/mol. The lowest BCUT2D eigenvalue weighted by Crippen LogP contribution is -1.89. The molecule has 70 valence electrons. The maximum absolute atomic E-state index is 10.2. The fraction of sp³-hybridized carbons (Fsp3) is 0.300. The Morgan fingerprint density at radius 3 is 2.85 bits per heavy atom. The van der Waals surface area contributed by atoms with Crippen LogP contribution in [0, 0.1) is 6.92 Å². The van der Waals surface area contributed by atoms with Gasteiger partial charge in [-0.25, -0.2) is 0 Å². The van der Waals surface area contributed by atoms with Crippen LogP contribution in [0.1, 0.15) is 17.5 Å². The van der Waals surface area contributed by atoms with Crippen molar-refractivity contribution in [3.05, 3.63) is 27.7 Å². The summed E-state index contributed by atoms with van der Waals surface area (Å²) in [7, 11) is 0. The van der Waals surface area contributed by atoms with E-state index in [4.69, 9.17) is 0 Å². The van der Waals surface area contributed by atoms with Crippen molar-refractivity contribution in [3.8, 4) is 5.75 Å². The number of phenols is 1. The number of benzene rings is 1. The fourth-order valence-corrected chi connectivity index (χ4v) is 1.75. The summed E-state index contributed by atoms with van der Waals surface area (Å²) < 4.78 is 0.703. The summed E-state index contributed by atoms with van der Waals surface area (Å²) in [6.07, 6.45) is 2.03. The number of aryl methyl sites for hydroxylation is 2. The lowest BCUT2D eigenvalue weighted by Gasteiger charge is -2.06. The molecule has 0 heterocycles. The van der Waals surface area contributed by atoms with Gasteiger partial charge >= 0.3 is 0 Å². The Morgan fingerprint density at radius 1 is 1.54 bits per heavy atom. The number of halogens is 1. The van der Waals surface area contributed by atoms with Gasteiger partial charge in [0.25, 0.3) is 0 Å². The molecule has 0 bridgehead atoms. The van der Waals surface area contributed by atoms with E-state index in [-0.39, 0.29) is 5.75 Å². The van der Waals surface area contributed by atoms with Crippen molar-refractivity contribution in [2.24, 2.45) is 0 Å². The van der Waals surface area contributed by atoms with Crippen LogP contribution < -0.4 is 0 Å². The van der Waals surface area contributed by atoms with E-state index in [0.717, 1.165) is 17.4 Å². The Balaban J connectivity index is 2.96. The summed E-state index contributed by atoms with van der Waals surface area (Å²) in [5.41, 5.74) is 1.80. The molecule has 3 heteroatoms. The van der Waals surface area contributed by atoms with Crippen molar-refractivity contribution in [1.82, 2.24) is 0 Å². The molecule has 2 nitrogen and oxygen atoms in total. The van der Waals surface area contributed by atoms with E-state index < -0.39 is 0 Å². The zero-order valence-corrected chi connectivity index (χ0v) is 8.97. The summed E-state index contributed by atoms with van der Waals surface area (Å²) in [5, 5.41) is 9.55. The predicted octanol–water partition coefficient (Wildman–Crippen LogP) is 2.59. The average Bonchev–Trinajstić information content (AvgIpc) is 2.13. The van der Waals surface area contributed by atoms with Crippen LogP contribution >= 0.6 is 15.9 Å². The molecule has 13 heavy (non-hydrogen) atoms. The molecule has 0 unspecified atom stereocenters. The summed E-state index contributed by atoms with van der Waals surface area (Å²) in [6.45, 7) is 1.84. The van der Waals surface area contributed by atoms with Gasteiger partial charge in [0.05, 0.1) is 4.47 Å². The number of hydrogen-bond donors (Lipinski definition) is 1. The van der Waals surface area contributed by atoms with Gasteiger partial charge in [0.15, 0.2) is 0 Å². The summed E-state index contributed by atoms with van der Waals surface area (Å²) in [6, 6.07) is 3.77. The molecule has 0 aromatic heterocycles. The molecular formula is C10H11BrO2. The quantitative estimate of drug-likeness (QED) is 0.828. The van der Waals surface area contributed by atoms with Gasteiger partial charge in [-0.05, 0) is 40.4 Å². The van der Waals surface area contributed by atoms with Gasteiger partial charge in [0, 0.05) is 6.42 Å². The molecule has 0 aliphatic rings. The molecule has 0 aliphatic carbocycles. The van der Waals surface area contributed by atoms with Gasteiger partial charge in [0.1, 0.15) is 12.0 Å². The SMILES string of the molecule is Cc1ccc(CCC=O)c(Br)c1O. The Hall–Kier alpha value is -0.830. The van der Waals surface area contributed by atoms with Crippen LogP contribution in [-0.4, -0.2) is 11.4 Å². The minimum absolute atomic E-state index is 0.267.